The van der Waals surface area contributed by atoms with Crippen LogP contribution in [0.4, 0.5) is 9.18 Å². The molecule has 1 amide bonds. The number of benzene rings is 2. The van der Waals surface area contributed by atoms with Crippen LogP contribution in [0.2, 0.25) is 0 Å². The van der Waals surface area contributed by atoms with Gasteiger partial charge in [0.25, 0.3) is 0 Å². The number of rotatable bonds is 6. The van der Waals surface area contributed by atoms with Gasteiger partial charge in [-0.2, -0.15) is 0 Å². The quantitative estimate of drug-likeness (QED) is 0.739. The smallest absolute Gasteiger partial charge is 0.404 e. The van der Waals surface area contributed by atoms with Crippen LogP contribution in [0.15, 0.2) is 59.1 Å². The van der Waals surface area contributed by atoms with Gasteiger partial charge in [-0.1, -0.05) is 35.5 Å². The molecule has 0 unspecified atom stereocenters. The molecule has 128 valence electrons. The first-order chi connectivity index (χ1) is 12.1. The molecule has 0 aliphatic heterocycles. The maximum Gasteiger partial charge on any atom is 0.404 e. The molecular weight excluding hydrogens is 327 g/mol. The normalized spacial score (nSPS) is 10.4. The van der Waals surface area contributed by atoms with Crippen LogP contribution in [0.25, 0.3) is 11.3 Å². The molecule has 0 saturated carbocycles. The van der Waals surface area contributed by atoms with Crippen molar-refractivity contribution in [3.8, 4) is 17.0 Å². The van der Waals surface area contributed by atoms with Gasteiger partial charge in [0.15, 0.2) is 23.9 Å². The number of nitrogens with two attached hydrogens (primary N) is 1. The Labute approximate surface area is 142 Å². The van der Waals surface area contributed by atoms with E-state index in [1.165, 1.54) is 12.1 Å². The highest BCUT2D eigenvalue weighted by Gasteiger charge is 2.11. The number of aromatic nitrogens is 1. The SMILES string of the molecule is NC(=O)OCc1cc(-c2ccc(OCc3ccccc3)c(F)c2)no1. The summed E-state index contributed by atoms with van der Waals surface area (Å²) < 4.78 is 29.3. The third kappa shape index (κ3) is 4.35. The Bertz CT molecular complexity index is 865. The molecule has 6 nitrogen and oxygen atoms in total. The first-order valence-corrected chi connectivity index (χ1v) is 7.46. The van der Waals surface area contributed by atoms with E-state index in [1.807, 2.05) is 30.3 Å². The second-order valence-corrected chi connectivity index (χ2v) is 5.21. The Hall–Kier alpha value is -3.35. The molecule has 0 fully saturated rings. The van der Waals surface area contributed by atoms with E-state index in [4.69, 9.17) is 15.0 Å². The van der Waals surface area contributed by atoms with Crippen LogP contribution in [-0.2, 0) is 18.0 Å². The zero-order valence-corrected chi connectivity index (χ0v) is 13.1. The molecular formula is C18H15FN2O4. The molecule has 0 spiro atoms. The summed E-state index contributed by atoms with van der Waals surface area (Å²) in [5.74, 6) is -0.0571. The summed E-state index contributed by atoms with van der Waals surface area (Å²) in [6, 6.07) is 15.5. The third-order valence-electron chi connectivity index (χ3n) is 3.38. The minimum atomic E-state index is -0.913. The van der Waals surface area contributed by atoms with Crippen molar-refractivity contribution in [3.05, 3.63) is 71.7 Å². The van der Waals surface area contributed by atoms with Gasteiger partial charge in [-0.3, -0.25) is 0 Å². The molecule has 1 heterocycles. The van der Waals surface area contributed by atoms with Gasteiger partial charge in [0.05, 0.1) is 0 Å². The van der Waals surface area contributed by atoms with Gasteiger partial charge in [0.1, 0.15) is 12.3 Å². The molecule has 0 aliphatic carbocycles. The van der Waals surface area contributed by atoms with E-state index < -0.39 is 11.9 Å². The number of amides is 1. The van der Waals surface area contributed by atoms with Crippen molar-refractivity contribution >= 4 is 6.09 Å². The average molecular weight is 342 g/mol. The summed E-state index contributed by atoms with van der Waals surface area (Å²) in [4.78, 5) is 10.6. The fourth-order valence-electron chi connectivity index (χ4n) is 2.17. The molecule has 0 radical (unpaired) electrons. The van der Waals surface area contributed by atoms with E-state index in [-0.39, 0.29) is 19.0 Å². The average Bonchev–Trinajstić information content (AvgIpc) is 3.09. The number of carbonyl (C=O) groups excluding carboxylic acids is 1. The van der Waals surface area contributed by atoms with Gasteiger partial charge in [-0.25, -0.2) is 9.18 Å². The van der Waals surface area contributed by atoms with Crippen LogP contribution in [-0.4, -0.2) is 11.2 Å². The summed E-state index contributed by atoms with van der Waals surface area (Å²) >= 11 is 0. The highest BCUT2D eigenvalue weighted by molar-refractivity contribution is 5.64. The van der Waals surface area contributed by atoms with E-state index >= 15 is 0 Å². The van der Waals surface area contributed by atoms with Crippen molar-refractivity contribution < 1.29 is 23.2 Å². The number of hydrogen-bond acceptors (Lipinski definition) is 5. The standard InChI is InChI=1S/C18H15FN2O4/c19-15-8-13(16-9-14(25-21-16)11-24-18(20)22)6-7-17(15)23-10-12-4-2-1-3-5-12/h1-9H,10-11H2,(H2,20,22). The van der Waals surface area contributed by atoms with Gasteiger partial charge in [0.2, 0.25) is 0 Å². The van der Waals surface area contributed by atoms with Crippen LogP contribution in [0.3, 0.4) is 0 Å². The van der Waals surface area contributed by atoms with Gasteiger partial charge in [-0.05, 0) is 23.8 Å². The van der Waals surface area contributed by atoms with Crippen LogP contribution in [0.1, 0.15) is 11.3 Å². The number of hydrogen-bond donors (Lipinski definition) is 1. The fourth-order valence-corrected chi connectivity index (χ4v) is 2.17. The minimum absolute atomic E-state index is 0.136. The van der Waals surface area contributed by atoms with Crippen molar-refractivity contribution in [3.63, 3.8) is 0 Å². The summed E-state index contributed by atoms with van der Waals surface area (Å²) in [7, 11) is 0. The molecule has 25 heavy (non-hydrogen) atoms. The highest BCUT2D eigenvalue weighted by atomic mass is 19.1. The van der Waals surface area contributed by atoms with Crippen LogP contribution >= 0.6 is 0 Å². The Kier molecular flexibility index (Phi) is 4.94. The molecule has 3 rings (SSSR count). The summed E-state index contributed by atoms with van der Waals surface area (Å²) in [5, 5.41) is 3.81. The number of primary amides is 1. The van der Waals surface area contributed by atoms with Crippen LogP contribution < -0.4 is 10.5 Å². The van der Waals surface area contributed by atoms with Crippen molar-refractivity contribution in [2.45, 2.75) is 13.2 Å². The maximum atomic E-state index is 14.2. The molecule has 0 bridgehead atoms. The van der Waals surface area contributed by atoms with Crippen molar-refractivity contribution in [2.75, 3.05) is 0 Å². The number of nitrogens with zero attached hydrogens (tertiary/aromatic N) is 1. The van der Waals surface area contributed by atoms with Crippen molar-refractivity contribution in [2.24, 2.45) is 5.73 Å². The fraction of sp³-hybridized carbons (Fsp3) is 0.111. The predicted molar refractivity (Wildman–Crippen MR) is 87.0 cm³/mol. The molecule has 3 aromatic rings. The van der Waals surface area contributed by atoms with Crippen molar-refractivity contribution in [1.82, 2.24) is 5.16 Å². The van der Waals surface area contributed by atoms with Gasteiger partial charge in [0, 0.05) is 11.6 Å². The Morgan fingerprint density at radius 2 is 1.92 bits per heavy atom. The van der Waals surface area contributed by atoms with E-state index in [0.717, 1.165) is 5.56 Å². The lowest BCUT2D eigenvalue weighted by Gasteiger charge is -2.08. The number of carbonyl (C=O) groups is 1. The zero-order valence-electron chi connectivity index (χ0n) is 13.1. The van der Waals surface area contributed by atoms with Gasteiger partial charge in [-0.15, -0.1) is 0 Å². The van der Waals surface area contributed by atoms with Gasteiger partial charge < -0.3 is 19.7 Å². The first kappa shape index (κ1) is 16.5. The molecule has 2 aromatic carbocycles. The topological polar surface area (TPSA) is 87.6 Å². The molecule has 2 N–H and O–H groups in total. The lowest BCUT2D eigenvalue weighted by Crippen LogP contribution is -2.12. The van der Waals surface area contributed by atoms with E-state index in [9.17, 15) is 9.18 Å². The molecule has 1 aromatic heterocycles. The highest BCUT2D eigenvalue weighted by Crippen LogP contribution is 2.26. The van der Waals surface area contributed by atoms with E-state index in [0.29, 0.717) is 17.0 Å². The van der Waals surface area contributed by atoms with E-state index in [1.54, 1.807) is 12.1 Å². The van der Waals surface area contributed by atoms with Crippen LogP contribution in [0.5, 0.6) is 5.75 Å². The molecule has 7 heteroatoms. The number of ether oxygens (including phenoxy) is 2. The summed E-state index contributed by atoms with van der Waals surface area (Å²) in [6.45, 7) is 0.138. The summed E-state index contributed by atoms with van der Waals surface area (Å²) in [6.07, 6.45) is -0.913. The zero-order chi connectivity index (χ0) is 17.6. The second-order valence-electron chi connectivity index (χ2n) is 5.21. The molecule has 0 aliphatic rings. The summed E-state index contributed by atoms with van der Waals surface area (Å²) in [5.41, 5.74) is 6.75. The Morgan fingerprint density at radius 1 is 1.12 bits per heavy atom. The lowest BCUT2D eigenvalue weighted by atomic mass is 10.1. The van der Waals surface area contributed by atoms with Gasteiger partial charge >= 0.3 is 6.09 Å². The monoisotopic (exact) mass is 342 g/mol. The van der Waals surface area contributed by atoms with Crippen LogP contribution in [0, 0.1) is 5.82 Å². The Balaban J connectivity index is 1.68. The first-order valence-electron chi connectivity index (χ1n) is 7.46. The second kappa shape index (κ2) is 7.48. The van der Waals surface area contributed by atoms with Crippen molar-refractivity contribution in [1.29, 1.82) is 0 Å². The largest absolute Gasteiger partial charge is 0.486 e. The number of halogens is 1. The molecule has 0 atom stereocenters. The maximum absolute atomic E-state index is 14.2. The lowest BCUT2D eigenvalue weighted by molar-refractivity contribution is 0.137. The van der Waals surface area contributed by atoms with E-state index in [2.05, 4.69) is 9.89 Å². The predicted octanol–water partition coefficient (Wildman–Crippen LogP) is 3.66. The third-order valence-corrected chi connectivity index (χ3v) is 3.38. The minimum Gasteiger partial charge on any atom is -0.486 e. The molecule has 0 saturated heterocycles. The Morgan fingerprint density at radius 3 is 2.64 bits per heavy atom.